The molecular weight excluding hydrogens is 210 g/mol. The summed E-state index contributed by atoms with van der Waals surface area (Å²) in [7, 11) is 2.25. The monoisotopic (exact) mass is 237 g/mol. The van der Waals surface area contributed by atoms with Crippen molar-refractivity contribution in [2.75, 3.05) is 52.9 Å². The minimum absolute atomic E-state index is 0.896. The van der Waals surface area contributed by atoms with Crippen LogP contribution in [-0.4, -0.2) is 62.7 Å². The van der Waals surface area contributed by atoms with Gasteiger partial charge < -0.3 is 10.2 Å². The number of hydrogen-bond donors (Lipinski definition) is 1. The van der Waals surface area contributed by atoms with Crippen LogP contribution in [0.15, 0.2) is 12.2 Å². The summed E-state index contributed by atoms with van der Waals surface area (Å²) in [5.41, 5.74) is 0. The molecule has 1 unspecified atom stereocenters. The first-order valence-corrected chi connectivity index (χ1v) is 7.11. The first-order valence-electron chi connectivity index (χ1n) is 7.11. The molecule has 98 valence electrons. The molecule has 2 aliphatic rings. The van der Waals surface area contributed by atoms with E-state index >= 15 is 0 Å². The Hall–Kier alpha value is -0.380. The Morgan fingerprint density at radius 1 is 1.18 bits per heavy atom. The molecule has 2 saturated heterocycles. The van der Waals surface area contributed by atoms with Gasteiger partial charge in [0, 0.05) is 39.3 Å². The Labute approximate surface area is 106 Å². The SMILES string of the molecule is CN1CCCC(C/C=C\CN2CCNCC2)C1. The van der Waals surface area contributed by atoms with Gasteiger partial charge in [0.25, 0.3) is 0 Å². The van der Waals surface area contributed by atoms with Crippen molar-refractivity contribution in [3.63, 3.8) is 0 Å². The molecule has 2 rings (SSSR count). The average molecular weight is 237 g/mol. The number of hydrogen-bond acceptors (Lipinski definition) is 3. The molecular formula is C14H27N3. The Bertz CT molecular complexity index is 234. The predicted octanol–water partition coefficient (Wildman–Crippen LogP) is 1.18. The third-order valence-electron chi connectivity index (χ3n) is 3.93. The Morgan fingerprint density at radius 2 is 2.00 bits per heavy atom. The molecule has 17 heavy (non-hydrogen) atoms. The Balaban J connectivity index is 1.60. The van der Waals surface area contributed by atoms with Gasteiger partial charge in [0.15, 0.2) is 0 Å². The smallest absolute Gasteiger partial charge is 0.0164 e. The maximum absolute atomic E-state index is 3.39. The number of likely N-dealkylation sites (tertiary alicyclic amines) is 1. The summed E-state index contributed by atoms with van der Waals surface area (Å²) in [6, 6.07) is 0. The summed E-state index contributed by atoms with van der Waals surface area (Å²) in [6.07, 6.45) is 8.86. The fourth-order valence-electron chi connectivity index (χ4n) is 2.87. The highest BCUT2D eigenvalue weighted by atomic mass is 15.2. The van der Waals surface area contributed by atoms with Gasteiger partial charge in [0.05, 0.1) is 0 Å². The van der Waals surface area contributed by atoms with Gasteiger partial charge in [-0.2, -0.15) is 0 Å². The van der Waals surface area contributed by atoms with Crippen LogP contribution in [0.1, 0.15) is 19.3 Å². The largest absolute Gasteiger partial charge is 0.314 e. The van der Waals surface area contributed by atoms with Crippen LogP contribution in [0.2, 0.25) is 0 Å². The quantitative estimate of drug-likeness (QED) is 0.741. The molecule has 0 aromatic carbocycles. The lowest BCUT2D eigenvalue weighted by Crippen LogP contribution is -2.43. The van der Waals surface area contributed by atoms with Gasteiger partial charge in [-0.15, -0.1) is 0 Å². The summed E-state index contributed by atoms with van der Waals surface area (Å²) >= 11 is 0. The molecule has 0 aromatic heterocycles. The highest BCUT2D eigenvalue weighted by Crippen LogP contribution is 2.18. The van der Waals surface area contributed by atoms with E-state index in [1.165, 1.54) is 45.4 Å². The van der Waals surface area contributed by atoms with Crippen molar-refractivity contribution in [2.45, 2.75) is 19.3 Å². The van der Waals surface area contributed by atoms with Crippen LogP contribution in [0.3, 0.4) is 0 Å². The fourth-order valence-corrected chi connectivity index (χ4v) is 2.87. The van der Waals surface area contributed by atoms with Crippen molar-refractivity contribution in [3.8, 4) is 0 Å². The van der Waals surface area contributed by atoms with Crippen LogP contribution in [-0.2, 0) is 0 Å². The lowest BCUT2D eigenvalue weighted by molar-refractivity contribution is 0.211. The third-order valence-corrected chi connectivity index (χ3v) is 3.93. The van der Waals surface area contributed by atoms with E-state index in [1.54, 1.807) is 0 Å². The summed E-state index contributed by atoms with van der Waals surface area (Å²) in [5, 5.41) is 3.39. The maximum atomic E-state index is 3.39. The lowest BCUT2D eigenvalue weighted by Gasteiger charge is -2.29. The van der Waals surface area contributed by atoms with Crippen molar-refractivity contribution in [1.82, 2.24) is 15.1 Å². The molecule has 3 nitrogen and oxygen atoms in total. The van der Waals surface area contributed by atoms with Crippen LogP contribution in [0.25, 0.3) is 0 Å². The summed E-state index contributed by atoms with van der Waals surface area (Å²) in [6.45, 7) is 8.44. The predicted molar refractivity (Wildman–Crippen MR) is 73.3 cm³/mol. The number of allylic oxidation sites excluding steroid dienone is 1. The number of nitrogens with zero attached hydrogens (tertiary/aromatic N) is 2. The zero-order chi connectivity index (χ0) is 11.9. The first kappa shape index (κ1) is 13.1. The molecule has 0 aromatic rings. The zero-order valence-corrected chi connectivity index (χ0v) is 11.2. The lowest BCUT2D eigenvalue weighted by atomic mass is 9.95. The van der Waals surface area contributed by atoms with Crippen molar-refractivity contribution in [2.24, 2.45) is 5.92 Å². The third kappa shape index (κ3) is 4.78. The minimum atomic E-state index is 0.896. The summed E-state index contributed by atoms with van der Waals surface area (Å²) < 4.78 is 0. The Kier molecular flexibility index (Phi) is 5.49. The molecule has 1 N–H and O–H groups in total. The second kappa shape index (κ2) is 7.14. The summed E-state index contributed by atoms with van der Waals surface area (Å²) in [5.74, 6) is 0.896. The Morgan fingerprint density at radius 3 is 2.76 bits per heavy atom. The van der Waals surface area contributed by atoms with Crippen molar-refractivity contribution < 1.29 is 0 Å². The van der Waals surface area contributed by atoms with Crippen LogP contribution in [0.4, 0.5) is 0 Å². The van der Waals surface area contributed by atoms with Gasteiger partial charge in [-0.05, 0) is 38.8 Å². The highest BCUT2D eigenvalue weighted by molar-refractivity contribution is 4.89. The van der Waals surface area contributed by atoms with Crippen molar-refractivity contribution in [1.29, 1.82) is 0 Å². The molecule has 3 heteroatoms. The molecule has 0 amide bonds. The van der Waals surface area contributed by atoms with E-state index in [0.29, 0.717) is 0 Å². The molecule has 0 bridgehead atoms. The standard InChI is InChI=1S/C14H27N3/c1-16-9-4-6-14(13-16)5-2-3-10-17-11-7-15-8-12-17/h2-3,14-15H,4-13H2,1H3/b3-2-. The van der Waals surface area contributed by atoms with Crippen LogP contribution >= 0.6 is 0 Å². The number of nitrogens with one attached hydrogen (secondary N) is 1. The van der Waals surface area contributed by atoms with E-state index in [9.17, 15) is 0 Å². The van der Waals surface area contributed by atoms with E-state index in [0.717, 1.165) is 25.6 Å². The maximum Gasteiger partial charge on any atom is 0.0164 e. The van der Waals surface area contributed by atoms with Gasteiger partial charge in [-0.25, -0.2) is 0 Å². The average Bonchev–Trinajstić information content (AvgIpc) is 2.36. The molecule has 0 radical (unpaired) electrons. The highest BCUT2D eigenvalue weighted by Gasteiger charge is 2.15. The van der Waals surface area contributed by atoms with Crippen LogP contribution in [0, 0.1) is 5.92 Å². The minimum Gasteiger partial charge on any atom is -0.314 e. The van der Waals surface area contributed by atoms with Crippen molar-refractivity contribution >= 4 is 0 Å². The number of piperazine rings is 1. The number of rotatable bonds is 4. The summed E-state index contributed by atoms with van der Waals surface area (Å²) in [4.78, 5) is 5.00. The van der Waals surface area contributed by atoms with E-state index in [2.05, 4.69) is 34.3 Å². The van der Waals surface area contributed by atoms with E-state index in [1.807, 2.05) is 0 Å². The molecule has 2 aliphatic heterocycles. The zero-order valence-electron chi connectivity index (χ0n) is 11.2. The molecule has 0 aliphatic carbocycles. The normalized spacial score (nSPS) is 28.9. The van der Waals surface area contributed by atoms with E-state index in [4.69, 9.17) is 0 Å². The second-order valence-corrected chi connectivity index (χ2v) is 5.53. The van der Waals surface area contributed by atoms with Gasteiger partial charge in [-0.3, -0.25) is 4.90 Å². The van der Waals surface area contributed by atoms with Crippen molar-refractivity contribution in [3.05, 3.63) is 12.2 Å². The van der Waals surface area contributed by atoms with Gasteiger partial charge >= 0.3 is 0 Å². The van der Waals surface area contributed by atoms with Crippen LogP contribution < -0.4 is 5.32 Å². The molecule has 1 atom stereocenters. The topological polar surface area (TPSA) is 18.5 Å². The van der Waals surface area contributed by atoms with Crippen LogP contribution in [0.5, 0.6) is 0 Å². The van der Waals surface area contributed by atoms with Gasteiger partial charge in [0.1, 0.15) is 0 Å². The van der Waals surface area contributed by atoms with E-state index < -0.39 is 0 Å². The number of piperidine rings is 1. The molecule has 2 fully saturated rings. The first-order chi connectivity index (χ1) is 8.34. The molecule has 2 heterocycles. The second-order valence-electron chi connectivity index (χ2n) is 5.53. The van der Waals surface area contributed by atoms with Gasteiger partial charge in [-0.1, -0.05) is 12.2 Å². The van der Waals surface area contributed by atoms with E-state index in [-0.39, 0.29) is 0 Å². The fraction of sp³-hybridized carbons (Fsp3) is 0.857. The molecule has 0 saturated carbocycles. The molecule has 0 spiro atoms. The van der Waals surface area contributed by atoms with Gasteiger partial charge in [0.2, 0.25) is 0 Å².